The SMILES string of the molecule is CC(=NOCc1ccccc1)c1ccc(Cc2cc(C3CC(O)C(O)C(CO)O3)ccc2Cl)cc1. The molecule has 4 atom stereocenters. The molecule has 1 heterocycles. The number of rotatable bonds is 8. The molecule has 1 saturated heterocycles. The van der Waals surface area contributed by atoms with Crippen LogP contribution in [0.5, 0.6) is 0 Å². The van der Waals surface area contributed by atoms with E-state index in [0.29, 0.717) is 18.1 Å². The van der Waals surface area contributed by atoms with Gasteiger partial charge in [0.1, 0.15) is 18.8 Å². The molecule has 0 aliphatic carbocycles. The zero-order valence-electron chi connectivity index (χ0n) is 19.5. The molecule has 0 radical (unpaired) electrons. The molecule has 0 saturated carbocycles. The van der Waals surface area contributed by atoms with Crippen LogP contribution in [0.3, 0.4) is 0 Å². The van der Waals surface area contributed by atoms with E-state index in [1.165, 1.54) is 0 Å². The zero-order chi connectivity index (χ0) is 24.8. The average molecular weight is 496 g/mol. The predicted octanol–water partition coefficient (Wildman–Crippen LogP) is 4.42. The summed E-state index contributed by atoms with van der Waals surface area (Å²) in [7, 11) is 0. The number of oxime groups is 1. The number of hydrogen-bond acceptors (Lipinski definition) is 6. The van der Waals surface area contributed by atoms with E-state index in [0.717, 1.165) is 33.5 Å². The van der Waals surface area contributed by atoms with E-state index in [2.05, 4.69) is 5.16 Å². The summed E-state index contributed by atoms with van der Waals surface area (Å²) < 4.78 is 5.82. The molecule has 0 aromatic heterocycles. The molecule has 3 aromatic rings. The van der Waals surface area contributed by atoms with Crippen LogP contribution in [0.4, 0.5) is 0 Å². The fraction of sp³-hybridized carbons (Fsp3) is 0.321. The quantitative estimate of drug-likeness (QED) is 0.318. The van der Waals surface area contributed by atoms with Gasteiger partial charge in [-0.25, -0.2) is 0 Å². The molecule has 3 aromatic carbocycles. The van der Waals surface area contributed by atoms with E-state index >= 15 is 0 Å². The van der Waals surface area contributed by atoms with Gasteiger partial charge in [0.2, 0.25) is 0 Å². The molecular weight excluding hydrogens is 466 g/mol. The van der Waals surface area contributed by atoms with Gasteiger partial charge in [-0.05, 0) is 47.2 Å². The van der Waals surface area contributed by atoms with Crippen molar-refractivity contribution in [2.75, 3.05) is 6.61 Å². The minimum absolute atomic E-state index is 0.248. The Morgan fingerprint density at radius 2 is 1.77 bits per heavy atom. The second kappa shape index (κ2) is 11.8. The van der Waals surface area contributed by atoms with E-state index in [1.54, 1.807) is 0 Å². The van der Waals surface area contributed by atoms with Gasteiger partial charge in [0.25, 0.3) is 0 Å². The van der Waals surface area contributed by atoms with Gasteiger partial charge in [0.15, 0.2) is 0 Å². The predicted molar refractivity (Wildman–Crippen MR) is 135 cm³/mol. The lowest BCUT2D eigenvalue weighted by atomic mass is 9.92. The molecule has 6 nitrogen and oxygen atoms in total. The van der Waals surface area contributed by atoms with E-state index in [-0.39, 0.29) is 13.0 Å². The molecule has 35 heavy (non-hydrogen) atoms. The van der Waals surface area contributed by atoms with Crippen molar-refractivity contribution in [3.63, 3.8) is 0 Å². The van der Waals surface area contributed by atoms with Gasteiger partial charge in [-0.1, -0.05) is 83.5 Å². The average Bonchev–Trinajstić information content (AvgIpc) is 2.88. The summed E-state index contributed by atoms with van der Waals surface area (Å²) in [5.74, 6) is 0. The summed E-state index contributed by atoms with van der Waals surface area (Å²) >= 11 is 6.48. The van der Waals surface area contributed by atoms with Gasteiger partial charge in [0, 0.05) is 11.4 Å². The number of aliphatic hydroxyl groups excluding tert-OH is 3. The van der Waals surface area contributed by atoms with Crippen molar-refractivity contribution >= 4 is 17.3 Å². The van der Waals surface area contributed by atoms with Crippen molar-refractivity contribution in [1.29, 1.82) is 0 Å². The maximum atomic E-state index is 10.2. The normalized spacial score (nSPS) is 22.7. The minimum Gasteiger partial charge on any atom is -0.394 e. The Kier molecular flexibility index (Phi) is 8.55. The van der Waals surface area contributed by atoms with Gasteiger partial charge in [-0.15, -0.1) is 0 Å². The van der Waals surface area contributed by atoms with Crippen LogP contribution in [0, 0.1) is 0 Å². The van der Waals surface area contributed by atoms with E-state index in [4.69, 9.17) is 21.2 Å². The van der Waals surface area contributed by atoms with E-state index < -0.39 is 24.4 Å². The third kappa shape index (κ3) is 6.48. The lowest BCUT2D eigenvalue weighted by Gasteiger charge is -2.36. The summed E-state index contributed by atoms with van der Waals surface area (Å²) in [6.07, 6.45) is -2.44. The molecule has 4 rings (SSSR count). The van der Waals surface area contributed by atoms with Crippen molar-refractivity contribution < 1.29 is 24.9 Å². The third-order valence-electron chi connectivity index (χ3n) is 6.23. The van der Waals surface area contributed by atoms with Gasteiger partial charge in [-0.3, -0.25) is 0 Å². The monoisotopic (exact) mass is 495 g/mol. The first kappa shape index (κ1) is 25.4. The number of ether oxygens (including phenoxy) is 1. The number of aliphatic hydroxyl groups is 3. The highest BCUT2D eigenvalue weighted by Crippen LogP contribution is 2.34. The fourth-order valence-electron chi connectivity index (χ4n) is 4.16. The highest BCUT2D eigenvalue weighted by Gasteiger charge is 2.37. The van der Waals surface area contributed by atoms with E-state index in [1.807, 2.05) is 79.7 Å². The lowest BCUT2D eigenvalue weighted by Crippen LogP contribution is -2.47. The molecule has 7 heteroatoms. The standard InChI is InChI=1S/C28H30ClNO5/c1-18(30-34-17-20-5-3-2-4-6-20)21-9-7-19(8-10-21)13-23-14-22(11-12-24(23)29)26-15-25(32)28(33)27(16-31)35-26/h2-12,14,25-28,31-33H,13,15-17H2,1H3. The van der Waals surface area contributed by atoms with Crippen molar-refractivity contribution in [3.8, 4) is 0 Å². The molecule has 4 unspecified atom stereocenters. The van der Waals surface area contributed by atoms with Gasteiger partial charge < -0.3 is 24.9 Å². The largest absolute Gasteiger partial charge is 0.394 e. The van der Waals surface area contributed by atoms with Gasteiger partial charge in [0.05, 0.1) is 24.5 Å². The second-order valence-electron chi connectivity index (χ2n) is 8.80. The van der Waals surface area contributed by atoms with Crippen molar-refractivity contribution in [1.82, 2.24) is 0 Å². The Hall–Kier alpha value is -2.74. The smallest absolute Gasteiger partial charge is 0.142 e. The first-order chi connectivity index (χ1) is 16.9. The van der Waals surface area contributed by atoms with Gasteiger partial charge in [-0.2, -0.15) is 0 Å². The minimum atomic E-state index is -1.10. The molecular formula is C28H30ClNO5. The Balaban J connectivity index is 1.41. The van der Waals surface area contributed by atoms with Crippen LogP contribution < -0.4 is 0 Å². The first-order valence-corrected chi connectivity index (χ1v) is 12.0. The van der Waals surface area contributed by atoms with Crippen molar-refractivity contribution in [3.05, 3.63) is 106 Å². The number of halogens is 1. The Morgan fingerprint density at radius 3 is 2.49 bits per heavy atom. The molecule has 1 fully saturated rings. The second-order valence-corrected chi connectivity index (χ2v) is 9.21. The van der Waals surface area contributed by atoms with Crippen LogP contribution in [0.25, 0.3) is 0 Å². The van der Waals surface area contributed by atoms with Crippen molar-refractivity contribution in [2.24, 2.45) is 5.16 Å². The van der Waals surface area contributed by atoms with E-state index in [9.17, 15) is 15.3 Å². The van der Waals surface area contributed by atoms with Crippen LogP contribution in [0.1, 0.15) is 47.3 Å². The van der Waals surface area contributed by atoms with Crippen LogP contribution in [-0.4, -0.2) is 46.0 Å². The Morgan fingerprint density at radius 1 is 1.03 bits per heavy atom. The number of nitrogens with zero attached hydrogens (tertiary/aromatic N) is 1. The molecule has 0 amide bonds. The Labute approximate surface area is 210 Å². The molecule has 1 aliphatic rings. The zero-order valence-corrected chi connectivity index (χ0v) is 20.3. The summed E-state index contributed by atoms with van der Waals surface area (Å²) in [5, 5.41) is 34.5. The summed E-state index contributed by atoms with van der Waals surface area (Å²) in [6.45, 7) is 1.97. The molecule has 0 spiro atoms. The number of benzene rings is 3. The van der Waals surface area contributed by atoms with Gasteiger partial charge >= 0.3 is 0 Å². The third-order valence-corrected chi connectivity index (χ3v) is 6.60. The first-order valence-electron chi connectivity index (χ1n) is 11.6. The van der Waals surface area contributed by atoms with Crippen LogP contribution in [-0.2, 0) is 22.6 Å². The lowest BCUT2D eigenvalue weighted by molar-refractivity contribution is -0.181. The number of hydrogen-bond donors (Lipinski definition) is 3. The molecule has 1 aliphatic heterocycles. The summed E-state index contributed by atoms with van der Waals surface area (Å²) in [4.78, 5) is 5.49. The van der Waals surface area contributed by atoms with Crippen LogP contribution in [0.15, 0.2) is 78.0 Å². The van der Waals surface area contributed by atoms with Crippen LogP contribution in [0.2, 0.25) is 5.02 Å². The maximum Gasteiger partial charge on any atom is 0.142 e. The highest BCUT2D eigenvalue weighted by molar-refractivity contribution is 6.31. The summed E-state index contributed by atoms with van der Waals surface area (Å²) in [5.41, 5.74) is 5.69. The molecule has 3 N–H and O–H groups in total. The van der Waals surface area contributed by atoms with Crippen molar-refractivity contribution in [2.45, 2.75) is 50.8 Å². The Bertz CT molecular complexity index is 1140. The molecule has 0 bridgehead atoms. The fourth-order valence-corrected chi connectivity index (χ4v) is 4.35. The maximum absolute atomic E-state index is 10.2. The topological polar surface area (TPSA) is 91.5 Å². The summed E-state index contributed by atoms with van der Waals surface area (Å²) in [6, 6.07) is 23.6. The highest BCUT2D eigenvalue weighted by atomic mass is 35.5. The molecule has 184 valence electrons. The van der Waals surface area contributed by atoms with Crippen LogP contribution >= 0.6 is 11.6 Å².